The van der Waals surface area contributed by atoms with Gasteiger partial charge in [0.15, 0.2) is 5.78 Å². The molecule has 32 heavy (non-hydrogen) atoms. The number of hydrogen-bond acceptors (Lipinski definition) is 5. The number of Topliss-reactive ketones (excluding diaryl/α,β-unsaturated/α-hetero) is 1. The number of amides is 1. The molecule has 0 spiro atoms. The molecule has 3 aromatic rings. The van der Waals surface area contributed by atoms with Crippen LogP contribution in [0.5, 0.6) is 5.75 Å². The minimum atomic E-state index is -0.168. The van der Waals surface area contributed by atoms with Crippen LogP contribution in [0, 0.1) is 5.92 Å². The van der Waals surface area contributed by atoms with E-state index in [4.69, 9.17) is 4.74 Å². The molecule has 1 aromatic heterocycles. The first-order valence-corrected chi connectivity index (χ1v) is 11.2. The number of carbonyl (C=O) groups is 2. The van der Waals surface area contributed by atoms with Crippen LogP contribution in [0.1, 0.15) is 53.3 Å². The molecule has 1 aliphatic carbocycles. The van der Waals surface area contributed by atoms with E-state index in [-0.39, 0.29) is 29.8 Å². The molecule has 1 aliphatic heterocycles. The highest BCUT2D eigenvalue weighted by atomic mass is 16.5. The van der Waals surface area contributed by atoms with Crippen LogP contribution >= 0.6 is 0 Å². The van der Waals surface area contributed by atoms with E-state index in [2.05, 4.69) is 17.1 Å². The van der Waals surface area contributed by atoms with Gasteiger partial charge < -0.3 is 9.64 Å². The first-order chi connectivity index (χ1) is 15.6. The third kappa shape index (κ3) is 4.02. The number of hydrogen-bond donors (Lipinski definition) is 0. The van der Waals surface area contributed by atoms with Gasteiger partial charge in [-0.25, -0.2) is 0 Å². The summed E-state index contributed by atoms with van der Waals surface area (Å²) in [5.41, 5.74) is 1.86. The molecule has 164 valence electrons. The summed E-state index contributed by atoms with van der Waals surface area (Å²) in [6.45, 7) is 2.53. The zero-order valence-electron chi connectivity index (χ0n) is 18.1. The fourth-order valence-electron chi connectivity index (χ4n) is 4.29. The molecule has 5 rings (SSSR count). The van der Waals surface area contributed by atoms with Gasteiger partial charge >= 0.3 is 0 Å². The topological polar surface area (TPSA) is 77.3 Å². The van der Waals surface area contributed by atoms with Crippen LogP contribution in [0.3, 0.4) is 0 Å². The van der Waals surface area contributed by atoms with Gasteiger partial charge in [0.25, 0.3) is 5.91 Å². The van der Waals surface area contributed by atoms with E-state index in [0.717, 1.165) is 25.7 Å². The van der Waals surface area contributed by atoms with Gasteiger partial charge in [-0.15, -0.1) is 0 Å². The monoisotopic (exact) mass is 430 g/mol. The van der Waals surface area contributed by atoms with Gasteiger partial charge in [0.05, 0.1) is 35.8 Å². The van der Waals surface area contributed by atoms with Crippen LogP contribution in [-0.2, 0) is 0 Å². The molecule has 0 bridgehead atoms. The fraction of sp³-hybridized carbons (Fsp3) is 0.360. The average Bonchev–Trinajstić information content (AvgIpc) is 3.53. The van der Waals surface area contributed by atoms with Gasteiger partial charge in [-0.2, -0.15) is 15.0 Å². The maximum absolute atomic E-state index is 13.5. The molecule has 2 atom stereocenters. The Morgan fingerprint density at radius 1 is 0.906 bits per heavy atom. The third-order valence-corrected chi connectivity index (χ3v) is 6.26. The molecule has 2 fully saturated rings. The van der Waals surface area contributed by atoms with E-state index in [1.54, 1.807) is 12.4 Å². The zero-order valence-corrected chi connectivity index (χ0v) is 18.1. The van der Waals surface area contributed by atoms with Gasteiger partial charge in [0.2, 0.25) is 0 Å². The molecule has 1 saturated heterocycles. The van der Waals surface area contributed by atoms with Crippen LogP contribution in [0.2, 0.25) is 0 Å². The third-order valence-electron chi connectivity index (χ3n) is 6.26. The van der Waals surface area contributed by atoms with Crippen LogP contribution in [0.25, 0.3) is 5.69 Å². The maximum atomic E-state index is 13.5. The van der Waals surface area contributed by atoms with Crippen molar-refractivity contribution in [1.29, 1.82) is 0 Å². The Labute approximate surface area is 187 Å². The first kappa shape index (κ1) is 20.4. The Hall–Kier alpha value is -3.48. The lowest BCUT2D eigenvalue weighted by atomic mass is 9.99. The first-order valence-electron chi connectivity index (χ1n) is 11.2. The SMILES string of the molecule is CC1CCC(Oc2ccccc2C(=O)C2CC2)CN1C(=O)c1ccccc1-n1nccn1. The summed E-state index contributed by atoms with van der Waals surface area (Å²) in [4.78, 5) is 29.5. The van der Waals surface area contributed by atoms with Gasteiger partial charge in [0.1, 0.15) is 11.9 Å². The summed E-state index contributed by atoms with van der Waals surface area (Å²) in [5, 5.41) is 8.38. The lowest BCUT2D eigenvalue weighted by Gasteiger charge is -2.38. The summed E-state index contributed by atoms with van der Waals surface area (Å²) in [6.07, 6.45) is 6.60. The molecule has 1 saturated carbocycles. The van der Waals surface area contributed by atoms with Crippen molar-refractivity contribution in [2.24, 2.45) is 5.92 Å². The predicted octanol–water partition coefficient (Wildman–Crippen LogP) is 3.93. The average molecular weight is 431 g/mol. The molecule has 0 radical (unpaired) electrons. The molecule has 2 heterocycles. The summed E-state index contributed by atoms with van der Waals surface area (Å²) in [6, 6.07) is 14.9. The van der Waals surface area contributed by atoms with Crippen molar-refractivity contribution in [2.45, 2.75) is 44.8 Å². The number of ketones is 1. The fourth-order valence-corrected chi connectivity index (χ4v) is 4.29. The molecule has 2 aromatic carbocycles. The Kier molecular flexibility index (Phi) is 5.47. The predicted molar refractivity (Wildman–Crippen MR) is 119 cm³/mol. The van der Waals surface area contributed by atoms with Gasteiger partial charge in [-0.05, 0) is 56.9 Å². The number of para-hydroxylation sites is 2. The maximum Gasteiger partial charge on any atom is 0.256 e. The largest absolute Gasteiger partial charge is 0.488 e. The normalized spacial score (nSPS) is 20.7. The highest BCUT2D eigenvalue weighted by molar-refractivity contribution is 6.01. The van der Waals surface area contributed by atoms with Crippen molar-refractivity contribution in [3.8, 4) is 11.4 Å². The number of likely N-dealkylation sites (tertiary alicyclic amines) is 1. The summed E-state index contributed by atoms with van der Waals surface area (Å²) >= 11 is 0. The van der Waals surface area contributed by atoms with Gasteiger partial charge in [0, 0.05) is 12.0 Å². The number of piperidine rings is 1. The number of nitrogens with zero attached hydrogens (tertiary/aromatic N) is 4. The van der Waals surface area contributed by atoms with Crippen LogP contribution in [0.15, 0.2) is 60.9 Å². The second-order valence-electron chi connectivity index (χ2n) is 8.59. The molecule has 7 heteroatoms. The number of carbonyl (C=O) groups excluding carboxylic acids is 2. The molecule has 7 nitrogen and oxygen atoms in total. The summed E-state index contributed by atoms with van der Waals surface area (Å²) in [7, 11) is 0. The summed E-state index contributed by atoms with van der Waals surface area (Å²) in [5.74, 6) is 0.855. The van der Waals surface area contributed by atoms with Gasteiger partial charge in [-0.3, -0.25) is 9.59 Å². The second-order valence-corrected chi connectivity index (χ2v) is 8.59. The highest BCUT2D eigenvalue weighted by Gasteiger charge is 2.34. The molecular formula is C25H26N4O3. The minimum absolute atomic E-state index is 0.0685. The van der Waals surface area contributed by atoms with E-state index < -0.39 is 0 Å². The Balaban J connectivity index is 1.36. The molecule has 1 amide bonds. The van der Waals surface area contributed by atoms with Crippen molar-refractivity contribution in [1.82, 2.24) is 19.9 Å². The van der Waals surface area contributed by atoms with Crippen molar-refractivity contribution < 1.29 is 14.3 Å². The minimum Gasteiger partial charge on any atom is -0.488 e. The smallest absolute Gasteiger partial charge is 0.256 e. The molecular weight excluding hydrogens is 404 g/mol. The lowest BCUT2D eigenvalue weighted by molar-refractivity contribution is 0.0380. The molecule has 2 aliphatic rings. The van der Waals surface area contributed by atoms with Crippen molar-refractivity contribution in [2.75, 3.05) is 6.54 Å². The number of benzene rings is 2. The van der Waals surface area contributed by atoms with Crippen molar-refractivity contribution in [3.05, 3.63) is 72.1 Å². The van der Waals surface area contributed by atoms with E-state index in [1.807, 2.05) is 53.4 Å². The number of ether oxygens (including phenoxy) is 1. The van der Waals surface area contributed by atoms with E-state index in [0.29, 0.717) is 29.1 Å². The van der Waals surface area contributed by atoms with Gasteiger partial charge in [-0.1, -0.05) is 24.3 Å². The van der Waals surface area contributed by atoms with E-state index in [1.165, 1.54) is 4.80 Å². The molecule has 2 unspecified atom stereocenters. The Morgan fingerprint density at radius 3 is 2.34 bits per heavy atom. The Bertz CT molecular complexity index is 1120. The van der Waals surface area contributed by atoms with Crippen LogP contribution in [-0.4, -0.2) is 50.3 Å². The molecule has 0 N–H and O–H groups in total. The van der Waals surface area contributed by atoms with E-state index >= 15 is 0 Å². The second kappa shape index (κ2) is 8.57. The number of aromatic nitrogens is 3. The lowest BCUT2D eigenvalue weighted by Crippen LogP contribution is -2.49. The van der Waals surface area contributed by atoms with Crippen molar-refractivity contribution in [3.63, 3.8) is 0 Å². The number of rotatable bonds is 6. The zero-order chi connectivity index (χ0) is 22.1. The van der Waals surface area contributed by atoms with Crippen molar-refractivity contribution >= 4 is 11.7 Å². The van der Waals surface area contributed by atoms with Crippen LogP contribution < -0.4 is 4.74 Å². The Morgan fingerprint density at radius 2 is 1.59 bits per heavy atom. The summed E-state index contributed by atoms with van der Waals surface area (Å²) < 4.78 is 6.31. The standard InChI is InChI=1S/C25H26N4O3/c1-17-10-13-19(32-23-9-5-3-7-21(23)24(30)18-11-12-18)16-28(17)25(31)20-6-2-4-8-22(20)29-26-14-15-27-29/h2-9,14-15,17-19H,10-13,16H2,1H3. The highest BCUT2D eigenvalue weighted by Crippen LogP contribution is 2.36. The quantitative estimate of drug-likeness (QED) is 0.554. The van der Waals surface area contributed by atoms with Crippen LogP contribution in [0.4, 0.5) is 0 Å². The van der Waals surface area contributed by atoms with E-state index in [9.17, 15) is 9.59 Å².